The number of nitriles is 1. The minimum atomic E-state index is 0.644. The van der Waals surface area contributed by atoms with Crippen molar-refractivity contribution in [1.29, 1.82) is 5.26 Å². The summed E-state index contributed by atoms with van der Waals surface area (Å²) in [5.74, 6) is 3.39. The number of hydrogen-bond acceptors (Lipinski definition) is 5. The van der Waals surface area contributed by atoms with E-state index in [1.807, 2.05) is 31.7 Å². The van der Waals surface area contributed by atoms with Crippen molar-refractivity contribution >= 4 is 17.6 Å². The van der Waals surface area contributed by atoms with Gasteiger partial charge in [-0.05, 0) is 25.5 Å². The highest BCUT2D eigenvalue weighted by Gasteiger charge is 2.34. The summed E-state index contributed by atoms with van der Waals surface area (Å²) < 4.78 is 0. The van der Waals surface area contributed by atoms with E-state index >= 15 is 0 Å². The van der Waals surface area contributed by atoms with Gasteiger partial charge in [-0.25, -0.2) is 4.98 Å². The maximum atomic E-state index is 9.34. The van der Waals surface area contributed by atoms with Gasteiger partial charge in [0.05, 0.1) is 5.56 Å². The van der Waals surface area contributed by atoms with E-state index in [4.69, 9.17) is 0 Å². The van der Waals surface area contributed by atoms with Gasteiger partial charge in [0.1, 0.15) is 11.9 Å². The smallest absolute Gasteiger partial charge is 0.147 e. The van der Waals surface area contributed by atoms with E-state index < -0.39 is 0 Å². The van der Waals surface area contributed by atoms with E-state index in [0.717, 1.165) is 35.7 Å². The van der Waals surface area contributed by atoms with Gasteiger partial charge in [-0.3, -0.25) is 4.90 Å². The maximum absolute atomic E-state index is 9.34. The second-order valence-electron chi connectivity index (χ2n) is 5.60. The first-order valence-electron chi connectivity index (χ1n) is 7.14. The minimum Gasteiger partial charge on any atom is -0.352 e. The summed E-state index contributed by atoms with van der Waals surface area (Å²) in [5, 5.41) is 9.34. The summed E-state index contributed by atoms with van der Waals surface area (Å²) in [6.07, 6.45) is 0. The Hall–Kier alpha value is -1.25. The fourth-order valence-corrected chi connectivity index (χ4v) is 3.92. The van der Waals surface area contributed by atoms with E-state index in [1.165, 1.54) is 24.6 Å². The van der Waals surface area contributed by atoms with Crippen LogP contribution in [0.5, 0.6) is 0 Å². The number of aryl methyl sites for hydroxylation is 2. The van der Waals surface area contributed by atoms with E-state index in [9.17, 15) is 5.26 Å². The molecule has 2 fully saturated rings. The van der Waals surface area contributed by atoms with Crippen LogP contribution in [0, 0.1) is 25.2 Å². The van der Waals surface area contributed by atoms with Crippen LogP contribution in [0.3, 0.4) is 0 Å². The van der Waals surface area contributed by atoms with Gasteiger partial charge in [-0.2, -0.15) is 17.0 Å². The Morgan fingerprint density at radius 1 is 1.30 bits per heavy atom. The highest BCUT2D eigenvalue weighted by molar-refractivity contribution is 7.99. The molecular weight excluding hydrogens is 268 g/mol. The highest BCUT2D eigenvalue weighted by atomic mass is 32.2. The minimum absolute atomic E-state index is 0.644. The van der Waals surface area contributed by atoms with Crippen LogP contribution in [0.15, 0.2) is 6.07 Å². The van der Waals surface area contributed by atoms with Crippen molar-refractivity contribution in [2.24, 2.45) is 0 Å². The van der Waals surface area contributed by atoms with Crippen LogP contribution in [0.25, 0.3) is 0 Å². The molecule has 2 aliphatic rings. The molecule has 0 radical (unpaired) electrons. The molecule has 0 spiro atoms. The van der Waals surface area contributed by atoms with Crippen LogP contribution in [-0.2, 0) is 0 Å². The average Bonchev–Trinajstić information content (AvgIpc) is 2.38. The molecule has 0 aliphatic carbocycles. The van der Waals surface area contributed by atoms with Crippen molar-refractivity contribution < 1.29 is 0 Å². The molecule has 106 valence electrons. The summed E-state index contributed by atoms with van der Waals surface area (Å²) in [6.45, 7) is 8.42. The van der Waals surface area contributed by atoms with Crippen molar-refractivity contribution in [3.8, 4) is 6.07 Å². The lowest BCUT2D eigenvalue weighted by Crippen LogP contribution is -2.61. The van der Waals surface area contributed by atoms with Crippen LogP contribution >= 0.6 is 11.8 Å². The number of pyridine rings is 1. The Kier molecular flexibility index (Phi) is 3.86. The van der Waals surface area contributed by atoms with Crippen LogP contribution in [-0.4, -0.2) is 53.6 Å². The first-order chi connectivity index (χ1) is 9.69. The second-order valence-corrected chi connectivity index (χ2v) is 6.82. The molecule has 5 heteroatoms. The number of anilines is 1. The molecule has 0 saturated carbocycles. The Balaban J connectivity index is 1.72. The first kappa shape index (κ1) is 13.7. The SMILES string of the molecule is Cc1cc(C)c(C#N)c(N2CC(N3CCSCC3)C2)n1. The van der Waals surface area contributed by atoms with Crippen molar-refractivity contribution in [1.82, 2.24) is 9.88 Å². The lowest BCUT2D eigenvalue weighted by molar-refractivity contribution is 0.182. The van der Waals surface area contributed by atoms with E-state index in [1.54, 1.807) is 0 Å². The van der Waals surface area contributed by atoms with Gasteiger partial charge >= 0.3 is 0 Å². The third-order valence-electron chi connectivity index (χ3n) is 4.16. The molecule has 3 rings (SSSR count). The van der Waals surface area contributed by atoms with E-state index in [-0.39, 0.29) is 0 Å². The zero-order valence-electron chi connectivity index (χ0n) is 12.1. The van der Waals surface area contributed by atoms with Gasteiger partial charge in [0.15, 0.2) is 0 Å². The number of nitrogens with zero attached hydrogens (tertiary/aromatic N) is 4. The Bertz CT molecular complexity index is 540. The lowest BCUT2D eigenvalue weighted by Gasteiger charge is -2.47. The molecule has 0 atom stereocenters. The molecule has 3 heterocycles. The monoisotopic (exact) mass is 288 g/mol. The highest BCUT2D eigenvalue weighted by Crippen LogP contribution is 2.28. The van der Waals surface area contributed by atoms with Crippen molar-refractivity contribution in [3.63, 3.8) is 0 Å². The molecule has 0 amide bonds. The third kappa shape index (κ3) is 2.50. The third-order valence-corrected chi connectivity index (χ3v) is 5.10. The van der Waals surface area contributed by atoms with Gasteiger partial charge < -0.3 is 4.90 Å². The van der Waals surface area contributed by atoms with E-state index in [0.29, 0.717) is 6.04 Å². The molecule has 1 aromatic heterocycles. The molecular formula is C15H20N4S. The largest absolute Gasteiger partial charge is 0.352 e. The zero-order valence-corrected chi connectivity index (χ0v) is 12.9. The quantitative estimate of drug-likeness (QED) is 0.830. The van der Waals surface area contributed by atoms with Crippen molar-refractivity contribution in [2.75, 3.05) is 42.6 Å². The molecule has 0 aromatic carbocycles. The van der Waals surface area contributed by atoms with Gasteiger partial charge in [0.25, 0.3) is 0 Å². The average molecular weight is 288 g/mol. The van der Waals surface area contributed by atoms with Gasteiger partial charge in [-0.15, -0.1) is 0 Å². The van der Waals surface area contributed by atoms with Crippen LogP contribution in [0.4, 0.5) is 5.82 Å². The Labute approximate surface area is 124 Å². The molecule has 20 heavy (non-hydrogen) atoms. The zero-order chi connectivity index (χ0) is 14.1. The maximum Gasteiger partial charge on any atom is 0.147 e. The summed E-state index contributed by atoms with van der Waals surface area (Å²) >= 11 is 2.05. The molecule has 0 bridgehead atoms. The fourth-order valence-electron chi connectivity index (χ4n) is 2.99. The van der Waals surface area contributed by atoms with Crippen LogP contribution in [0.2, 0.25) is 0 Å². The van der Waals surface area contributed by atoms with Crippen LogP contribution < -0.4 is 4.90 Å². The summed E-state index contributed by atoms with van der Waals surface area (Å²) in [4.78, 5) is 9.43. The van der Waals surface area contributed by atoms with Gasteiger partial charge in [-0.1, -0.05) is 0 Å². The molecule has 0 N–H and O–H groups in total. The predicted molar refractivity (Wildman–Crippen MR) is 83.3 cm³/mol. The molecule has 2 saturated heterocycles. The molecule has 2 aliphatic heterocycles. The van der Waals surface area contributed by atoms with Crippen molar-refractivity contribution in [2.45, 2.75) is 19.9 Å². The van der Waals surface area contributed by atoms with Crippen molar-refractivity contribution in [3.05, 3.63) is 22.9 Å². The number of rotatable bonds is 2. The van der Waals surface area contributed by atoms with Gasteiger partial charge in [0.2, 0.25) is 0 Å². The summed E-state index contributed by atoms with van der Waals surface area (Å²) in [7, 11) is 0. The molecule has 0 unspecified atom stereocenters. The molecule has 4 nitrogen and oxygen atoms in total. The first-order valence-corrected chi connectivity index (χ1v) is 8.29. The Morgan fingerprint density at radius 2 is 2.00 bits per heavy atom. The topological polar surface area (TPSA) is 43.2 Å². The number of hydrogen-bond donors (Lipinski definition) is 0. The Morgan fingerprint density at radius 3 is 2.65 bits per heavy atom. The predicted octanol–water partition coefficient (Wildman–Crippen LogP) is 1.81. The van der Waals surface area contributed by atoms with Gasteiger partial charge in [0, 0.05) is 49.4 Å². The van der Waals surface area contributed by atoms with E-state index in [2.05, 4.69) is 20.9 Å². The standard InChI is InChI=1S/C15H20N4S/c1-11-7-12(2)17-15(14(11)8-16)19-9-13(10-19)18-3-5-20-6-4-18/h7,13H,3-6,9-10H2,1-2H3. The number of thioether (sulfide) groups is 1. The second kappa shape index (κ2) is 5.63. The lowest BCUT2D eigenvalue weighted by atomic mass is 10.0. The number of aromatic nitrogens is 1. The summed E-state index contributed by atoms with van der Waals surface area (Å²) in [5.41, 5.74) is 2.77. The molecule has 1 aromatic rings. The summed E-state index contributed by atoms with van der Waals surface area (Å²) in [6, 6.07) is 4.94. The van der Waals surface area contributed by atoms with Crippen LogP contribution in [0.1, 0.15) is 16.8 Å². The normalized spacial score (nSPS) is 20.6. The fraction of sp³-hybridized carbons (Fsp3) is 0.600.